The molecule has 1 aliphatic carbocycles. The van der Waals surface area contributed by atoms with Crippen molar-refractivity contribution in [1.29, 1.82) is 0 Å². The van der Waals surface area contributed by atoms with E-state index in [1.807, 2.05) is 20.8 Å². The average Bonchev–Trinajstić information content (AvgIpc) is 2.65. The fourth-order valence-corrected chi connectivity index (χ4v) is 8.29. The van der Waals surface area contributed by atoms with Gasteiger partial charge in [0.1, 0.15) is 12.9 Å². The van der Waals surface area contributed by atoms with E-state index in [-0.39, 0.29) is 5.82 Å². The Labute approximate surface area is 175 Å². The first-order chi connectivity index (χ1) is 13.8. The Bertz CT molecular complexity index is 1100. The van der Waals surface area contributed by atoms with Crippen LogP contribution in [0.15, 0.2) is 36.5 Å². The van der Waals surface area contributed by atoms with Crippen LogP contribution in [0.2, 0.25) is 18.6 Å². The van der Waals surface area contributed by atoms with Crippen molar-refractivity contribution in [2.75, 3.05) is 0 Å². The molecule has 1 aliphatic rings. The second-order valence-corrected chi connectivity index (χ2v) is 14.3. The predicted octanol–water partition coefficient (Wildman–Crippen LogP) is 6.12. The van der Waals surface area contributed by atoms with Crippen molar-refractivity contribution in [3.63, 3.8) is 0 Å². The summed E-state index contributed by atoms with van der Waals surface area (Å²) in [7, 11) is 0.675. The number of nitrogens with zero attached hydrogens (tertiary/aromatic N) is 1. The number of fused-ring (bicyclic) bond motifs is 1. The second kappa shape index (κ2) is 7.35. The fourth-order valence-electron chi connectivity index (χ4n) is 4.93. The van der Waals surface area contributed by atoms with Gasteiger partial charge in [-0.3, -0.25) is 0 Å². The van der Waals surface area contributed by atoms with Gasteiger partial charge in [0.15, 0.2) is 6.20 Å². The Morgan fingerprint density at radius 3 is 2.41 bits per heavy atom. The summed E-state index contributed by atoms with van der Waals surface area (Å²) in [5.41, 5.74) is 5.87. The number of hydrogen-bond donors (Lipinski definition) is 0. The molecule has 0 unspecified atom stereocenters. The summed E-state index contributed by atoms with van der Waals surface area (Å²) in [4.78, 5) is 0. The monoisotopic (exact) mass is 406 g/mol. The van der Waals surface area contributed by atoms with Crippen molar-refractivity contribution in [1.82, 2.24) is 0 Å². The molecule has 0 atom stereocenters. The molecule has 29 heavy (non-hydrogen) atoms. The predicted molar refractivity (Wildman–Crippen MR) is 124 cm³/mol. The Kier molecular flexibility index (Phi) is 5.14. The highest BCUT2D eigenvalue weighted by molar-refractivity contribution is 6.91. The Morgan fingerprint density at radius 2 is 1.79 bits per heavy atom. The van der Waals surface area contributed by atoms with E-state index in [4.69, 9.17) is 0 Å². The molecular formula is C26H33FNSi+. The largest absolute Gasteiger partial charge is 0.220 e. The molecule has 1 heterocycles. The first-order valence-electron chi connectivity index (χ1n) is 11.0. The van der Waals surface area contributed by atoms with Crippen LogP contribution in [0.25, 0.3) is 22.0 Å². The second-order valence-electron chi connectivity index (χ2n) is 9.43. The van der Waals surface area contributed by atoms with Crippen molar-refractivity contribution in [2.45, 2.75) is 65.1 Å². The molecule has 0 N–H and O–H groups in total. The van der Waals surface area contributed by atoms with Gasteiger partial charge in [-0.25, -0.2) is 8.96 Å². The molecule has 0 aliphatic heterocycles. The van der Waals surface area contributed by atoms with E-state index in [2.05, 4.69) is 61.2 Å². The number of benzene rings is 2. The number of hydrogen-bond acceptors (Lipinski definition) is 0. The van der Waals surface area contributed by atoms with E-state index in [9.17, 15) is 4.39 Å². The molecule has 1 aromatic heterocycles. The third-order valence-corrected chi connectivity index (χ3v) is 12.0. The van der Waals surface area contributed by atoms with E-state index in [1.165, 1.54) is 35.7 Å². The SMILES string of the molecule is CCc1cc(-c2c3ccc([Si](C)(C)C4CCC4)cc3cc[n+]2C)c(C)c(C)c1F. The first-order valence-corrected chi connectivity index (χ1v) is 14.0. The van der Waals surface area contributed by atoms with Gasteiger partial charge >= 0.3 is 0 Å². The molecule has 152 valence electrons. The van der Waals surface area contributed by atoms with Crippen LogP contribution in [0.5, 0.6) is 0 Å². The lowest BCUT2D eigenvalue weighted by Gasteiger charge is -2.39. The minimum absolute atomic E-state index is 0.0489. The maximum Gasteiger partial charge on any atom is 0.220 e. The van der Waals surface area contributed by atoms with Crippen LogP contribution in [-0.2, 0) is 13.5 Å². The van der Waals surface area contributed by atoms with Gasteiger partial charge in [0.05, 0.1) is 19.0 Å². The van der Waals surface area contributed by atoms with Gasteiger partial charge in [-0.2, -0.15) is 0 Å². The van der Waals surface area contributed by atoms with Gasteiger partial charge in [0.2, 0.25) is 5.69 Å². The Hall–Kier alpha value is -2.00. The van der Waals surface area contributed by atoms with Crippen LogP contribution < -0.4 is 9.75 Å². The number of aryl methyl sites for hydroxylation is 2. The summed E-state index contributed by atoms with van der Waals surface area (Å²) in [6.07, 6.45) is 7.07. The molecule has 0 amide bonds. The summed E-state index contributed by atoms with van der Waals surface area (Å²) in [6, 6.07) is 11.4. The molecule has 4 rings (SSSR count). The molecule has 0 bridgehead atoms. The number of halogens is 1. The minimum Gasteiger partial charge on any atom is -0.206 e. The van der Waals surface area contributed by atoms with E-state index < -0.39 is 8.07 Å². The smallest absolute Gasteiger partial charge is 0.206 e. The lowest BCUT2D eigenvalue weighted by Crippen LogP contribution is -2.48. The molecule has 0 spiro atoms. The molecule has 1 saturated carbocycles. The average molecular weight is 407 g/mol. The summed E-state index contributed by atoms with van der Waals surface area (Å²) in [5.74, 6) is -0.0489. The van der Waals surface area contributed by atoms with Crippen molar-refractivity contribution in [2.24, 2.45) is 7.05 Å². The van der Waals surface area contributed by atoms with Crippen molar-refractivity contribution in [3.8, 4) is 11.3 Å². The van der Waals surface area contributed by atoms with E-state index >= 15 is 0 Å². The van der Waals surface area contributed by atoms with Crippen LogP contribution >= 0.6 is 0 Å². The molecular weight excluding hydrogens is 373 g/mol. The molecule has 3 heteroatoms. The van der Waals surface area contributed by atoms with Crippen LogP contribution in [-0.4, -0.2) is 8.07 Å². The van der Waals surface area contributed by atoms with Gasteiger partial charge in [-0.1, -0.05) is 56.6 Å². The number of rotatable bonds is 4. The Balaban J connectivity index is 1.92. The summed E-state index contributed by atoms with van der Waals surface area (Å²) >= 11 is 0. The van der Waals surface area contributed by atoms with Crippen molar-refractivity contribution in [3.05, 3.63) is 59.0 Å². The zero-order chi connectivity index (χ0) is 20.9. The van der Waals surface area contributed by atoms with Crippen LogP contribution in [0, 0.1) is 19.7 Å². The maximum atomic E-state index is 14.7. The topological polar surface area (TPSA) is 3.88 Å². The van der Waals surface area contributed by atoms with Crippen molar-refractivity contribution >= 4 is 24.0 Å². The lowest BCUT2D eigenvalue weighted by molar-refractivity contribution is -0.659. The Morgan fingerprint density at radius 1 is 1.07 bits per heavy atom. The zero-order valence-corrected chi connectivity index (χ0v) is 19.7. The van der Waals surface area contributed by atoms with Gasteiger partial charge < -0.3 is 0 Å². The van der Waals surface area contributed by atoms with Gasteiger partial charge in [-0.15, -0.1) is 0 Å². The first kappa shape index (κ1) is 20.3. The number of pyridine rings is 1. The minimum atomic E-state index is -1.42. The standard InChI is InChI=1S/C26H33FNSi/c1-7-19-16-24(17(2)18(3)25(19)27)26-23-12-11-22(15-20(23)13-14-28(26)4)29(5,6)21-9-8-10-21/h11-16,21H,7-10H2,1-6H3/q+1. The van der Waals surface area contributed by atoms with Crippen molar-refractivity contribution < 1.29 is 8.96 Å². The number of aromatic nitrogens is 1. The van der Waals surface area contributed by atoms with Gasteiger partial charge in [0.25, 0.3) is 0 Å². The summed E-state index contributed by atoms with van der Waals surface area (Å²) < 4.78 is 16.9. The molecule has 3 aromatic rings. The van der Waals surface area contributed by atoms with Crippen LogP contribution in [0.1, 0.15) is 42.9 Å². The highest BCUT2D eigenvalue weighted by Gasteiger charge is 2.37. The molecule has 2 aromatic carbocycles. The fraction of sp³-hybridized carbons (Fsp3) is 0.423. The molecule has 0 saturated heterocycles. The quantitative estimate of drug-likeness (QED) is 0.363. The van der Waals surface area contributed by atoms with E-state index in [0.717, 1.165) is 27.8 Å². The van der Waals surface area contributed by atoms with Crippen LogP contribution in [0.3, 0.4) is 0 Å². The summed E-state index contributed by atoms with van der Waals surface area (Å²) in [5, 5.41) is 4.12. The third kappa shape index (κ3) is 3.24. The highest BCUT2D eigenvalue weighted by Crippen LogP contribution is 2.41. The molecule has 0 radical (unpaired) electrons. The summed E-state index contributed by atoms with van der Waals surface area (Å²) in [6.45, 7) is 11.0. The van der Waals surface area contributed by atoms with Crippen LogP contribution in [0.4, 0.5) is 4.39 Å². The maximum absolute atomic E-state index is 14.7. The van der Waals surface area contributed by atoms with E-state index in [1.54, 1.807) is 5.19 Å². The third-order valence-electron chi connectivity index (χ3n) is 7.54. The lowest BCUT2D eigenvalue weighted by atomic mass is 9.93. The molecule has 1 nitrogen and oxygen atoms in total. The van der Waals surface area contributed by atoms with Gasteiger partial charge in [0, 0.05) is 6.07 Å². The zero-order valence-electron chi connectivity index (χ0n) is 18.7. The normalized spacial score (nSPS) is 15.0. The highest BCUT2D eigenvalue weighted by atomic mass is 28.3. The van der Waals surface area contributed by atoms with E-state index in [0.29, 0.717) is 6.42 Å². The van der Waals surface area contributed by atoms with Gasteiger partial charge in [-0.05, 0) is 60.0 Å². The molecule has 1 fully saturated rings.